The molecule has 3 aromatic rings. The van der Waals surface area contributed by atoms with Crippen molar-refractivity contribution in [3.05, 3.63) is 49.1 Å². The third-order valence-electron chi connectivity index (χ3n) is 5.97. The molecule has 1 aromatic carbocycles. The van der Waals surface area contributed by atoms with Gasteiger partial charge in [0.25, 0.3) is 0 Å². The average molecular weight is 395 g/mol. The van der Waals surface area contributed by atoms with E-state index >= 15 is 0 Å². The number of hydrogen-bond acceptors (Lipinski definition) is 6. The van der Waals surface area contributed by atoms with Crippen LogP contribution in [0.4, 0.5) is 4.39 Å². The van der Waals surface area contributed by atoms with Crippen molar-refractivity contribution in [2.75, 3.05) is 0 Å². The lowest BCUT2D eigenvalue weighted by Gasteiger charge is -2.39. The first-order valence-corrected chi connectivity index (χ1v) is 9.76. The Morgan fingerprint density at radius 2 is 2.17 bits per heavy atom. The van der Waals surface area contributed by atoms with Crippen LogP contribution in [-0.2, 0) is 0 Å². The highest BCUT2D eigenvalue weighted by Crippen LogP contribution is 2.39. The average Bonchev–Trinajstić information content (AvgIpc) is 3.36. The first-order chi connectivity index (χ1) is 14.0. The summed E-state index contributed by atoms with van der Waals surface area (Å²) in [7, 11) is 0. The number of halogens is 1. The molecule has 29 heavy (non-hydrogen) atoms. The Kier molecular flexibility index (Phi) is 4.24. The van der Waals surface area contributed by atoms with Gasteiger partial charge in [0, 0.05) is 42.6 Å². The number of alkyl halides is 1. The molecule has 2 bridgehead atoms. The Hall–Kier alpha value is -3.00. The molecule has 0 aliphatic carbocycles. The Bertz CT molecular complexity index is 1010. The molecule has 150 valence electrons. The normalized spacial score (nSPS) is 28.4. The van der Waals surface area contributed by atoms with Crippen molar-refractivity contribution in [3.8, 4) is 28.6 Å². The molecular weight excluding hydrogens is 373 g/mol. The summed E-state index contributed by atoms with van der Waals surface area (Å²) in [6.07, 6.45) is 5.91. The molecule has 0 saturated carbocycles. The van der Waals surface area contributed by atoms with Crippen molar-refractivity contribution in [1.82, 2.24) is 25.1 Å². The molecule has 0 amide bonds. The molecule has 8 heteroatoms. The summed E-state index contributed by atoms with van der Waals surface area (Å²) >= 11 is 0. The van der Waals surface area contributed by atoms with Crippen LogP contribution in [0.15, 0.2) is 49.1 Å². The number of imidazole rings is 1. The molecule has 7 nitrogen and oxygen atoms in total. The van der Waals surface area contributed by atoms with Crippen LogP contribution in [0, 0.1) is 0 Å². The summed E-state index contributed by atoms with van der Waals surface area (Å²) in [5.41, 5.74) is 1.34. The maximum Gasteiger partial charge on any atom is 0.233 e. The lowest BCUT2D eigenvalue weighted by Crippen LogP contribution is -2.59. The highest BCUT2D eigenvalue weighted by Gasteiger charge is 2.51. The Labute approximate surface area is 167 Å². The van der Waals surface area contributed by atoms with Crippen molar-refractivity contribution in [3.63, 3.8) is 0 Å². The molecule has 4 atom stereocenters. The summed E-state index contributed by atoms with van der Waals surface area (Å²) in [5.74, 6) is 0.381. The van der Waals surface area contributed by atoms with E-state index in [0.29, 0.717) is 23.6 Å². The predicted octanol–water partition coefficient (Wildman–Crippen LogP) is 3.03. The van der Waals surface area contributed by atoms with Gasteiger partial charge in [0.1, 0.15) is 11.9 Å². The van der Waals surface area contributed by atoms with Crippen molar-refractivity contribution in [1.29, 1.82) is 0 Å². The van der Waals surface area contributed by atoms with Crippen LogP contribution >= 0.6 is 0 Å². The fourth-order valence-corrected chi connectivity index (χ4v) is 4.39. The van der Waals surface area contributed by atoms with E-state index in [9.17, 15) is 9.50 Å². The van der Waals surface area contributed by atoms with Crippen molar-refractivity contribution >= 4 is 0 Å². The molecule has 5 rings (SSSR count). The second kappa shape index (κ2) is 6.81. The lowest BCUT2D eigenvalue weighted by atomic mass is 9.88. The lowest BCUT2D eigenvalue weighted by molar-refractivity contribution is 0.00813. The monoisotopic (exact) mass is 395 g/mol. The number of rotatable bonds is 4. The fraction of sp³-hybridized carbons (Fsp3) is 0.381. The van der Waals surface area contributed by atoms with Gasteiger partial charge in [-0.3, -0.25) is 0 Å². The minimum atomic E-state index is -1.09. The summed E-state index contributed by atoms with van der Waals surface area (Å²) in [6, 6.07) is 8.96. The zero-order valence-electron chi connectivity index (χ0n) is 16.0. The van der Waals surface area contributed by atoms with E-state index in [2.05, 4.69) is 20.5 Å². The molecule has 2 aromatic heterocycles. The molecule has 2 aliphatic rings. The zero-order valence-corrected chi connectivity index (χ0v) is 16.0. The number of phenolic OH excluding ortho intramolecular Hbond substituents is 1. The summed E-state index contributed by atoms with van der Waals surface area (Å²) in [6.45, 7) is 1.91. The zero-order chi connectivity index (χ0) is 20.0. The van der Waals surface area contributed by atoms with Gasteiger partial charge in [-0.15, -0.1) is 10.2 Å². The molecule has 2 aliphatic heterocycles. The Morgan fingerprint density at radius 1 is 1.28 bits per heavy atom. The number of hydrogen-bond donors (Lipinski definition) is 2. The van der Waals surface area contributed by atoms with E-state index in [-0.39, 0.29) is 11.8 Å². The van der Waals surface area contributed by atoms with Crippen LogP contribution in [0.3, 0.4) is 0 Å². The first kappa shape index (κ1) is 18.1. The molecular formula is C21H22FN5O2. The van der Waals surface area contributed by atoms with E-state index in [4.69, 9.17) is 4.74 Å². The number of nitrogens with zero attached hydrogens (tertiary/aromatic N) is 4. The van der Waals surface area contributed by atoms with Crippen molar-refractivity contribution in [2.45, 2.75) is 50.0 Å². The van der Waals surface area contributed by atoms with E-state index in [1.807, 2.05) is 13.0 Å². The smallest absolute Gasteiger partial charge is 0.233 e. The Balaban J connectivity index is 1.33. The molecule has 2 N–H and O–H groups in total. The first-order valence-electron chi connectivity index (χ1n) is 9.76. The van der Waals surface area contributed by atoms with Gasteiger partial charge in [-0.05, 0) is 38.0 Å². The molecule has 0 spiro atoms. The number of fused-ring (bicyclic) bond motifs is 2. The van der Waals surface area contributed by atoms with Gasteiger partial charge in [0.15, 0.2) is 6.17 Å². The number of aromatic hydroxyl groups is 1. The van der Waals surface area contributed by atoms with E-state index in [1.54, 1.807) is 47.6 Å². The van der Waals surface area contributed by atoms with Crippen LogP contribution in [0.5, 0.6) is 11.6 Å². The largest absolute Gasteiger partial charge is 0.507 e. The van der Waals surface area contributed by atoms with E-state index in [1.165, 1.54) is 0 Å². The predicted molar refractivity (Wildman–Crippen MR) is 105 cm³/mol. The third kappa shape index (κ3) is 3.23. The number of nitrogens with one attached hydrogen (secondary N) is 1. The highest BCUT2D eigenvalue weighted by atomic mass is 19.1. The van der Waals surface area contributed by atoms with Gasteiger partial charge in [0.05, 0.1) is 23.2 Å². The van der Waals surface area contributed by atoms with Gasteiger partial charge >= 0.3 is 0 Å². The highest BCUT2D eigenvalue weighted by molar-refractivity contribution is 5.68. The molecule has 4 heterocycles. The maximum atomic E-state index is 14.9. The SMILES string of the molecule is C[C@@]12CCC(C[C@H](Oc3ccc(-c4ccc(-n5ccnc5)cc4O)nn3)[C@H]1F)N2. The van der Waals surface area contributed by atoms with Crippen molar-refractivity contribution < 1.29 is 14.2 Å². The van der Waals surface area contributed by atoms with Crippen LogP contribution in [0.2, 0.25) is 0 Å². The standard InChI is InChI=1S/C21H22FN5O2/c1-21-7-6-13(24-21)10-18(20(21)22)29-19-5-4-16(25-26-19)15-3-2-14(11-17(15)28)27-9-8-23-12-27/h2-5,8-9,11-13,18,20,24,28H,6-7,10H2,1H3/t13?,18-,20+,21+/m0/s1. The van der Waals surface area contributed by atoms with E-state index < -0.39 is 17.8 Å². The Morgan fingerprint density at radius 3 is 2.90 bits per heavy atom. The van der Waals surface area contributed by atoms with Crippen LogP contribution in [0.25, 0.3) is 16.9 Å². The quantitative estimate of drug-likeness (QED) is 0.706. The van der Waals surface area contributed by atoms with Crippen molar-refractivity contribution in [2.24, 2.45) is 0 Å². The summed E-state index contributed by atoms with van der Waals surface area (Å²) < 4.78 is 22.5. The second-order valence-electron chi connectivity index (χ2n) is 8.02. The molecule has 2 saturated heterocycles. The number of piperidine rings is 1. The number of ether oxygens (including phenoxy) is 1. The molecule has 1 unspecified atom stereocenters. The van der Waals surface area contributed by atoms with Crippen LogP contribution in [-0.4, -0.2) is 48.7 Å². The minimum absolute atomic E-state index is 0.0887. The van der Waals surface area contributed by atoms with E-state index in [0.717, 1.165) is 18.5 Å². The van der Waals surface area contributed by atoms with Gasteiger partial charge in [-0.2, -0.15) is 0 Å². The second-order valence-corrected chi connectivity index (χ2v) is 8.02. The summed E-state index contributed by atoms with van der Waals surface area (Å²) in [4.78, 5) is 4.00. The number of benzene rings is 1. The molecule has 0 radical (unpaired) electrons. The van der Waals surface area contributed by atoms with Crippen LogP contribution < -0.4 is 10.1 Å². The van der Waals surface area contributed by atoms with Gasteiger partial charge < -0.3 is 19.7 Å². The third-order valence-corrected chi connectivity index (χ3v) is 5.97. The van der Waals surface area contributed by atoms with Gasteiger partial charge in [-0.1, -0.05) is 0 Å². The minimum Gasteiger partial charge on any atom is -0.507 e. The topological polar surface area (TPSA) is 85.1 Å². The number of phenols is 1. The van der Waals surface area contributed by atoms with Crippen LogP contribution in [0.1, 0.15) is 26.2 Å². The van der Waals surface area contributed by atoms with Gasteiger partial charge in [-0.25, -0.2) is 9.37 Å². The number of aromatic nitrogens is 4. The summed E-state index contributed by atoms with van der Waals surface area (Å²) in [5, 5.41) is 22.0. The fourth-order valence-electron chi connectivity index (χ4n) is 4.39. The van der Waals surface area contributed by atoms with Gasteiger partial charge in [0.2, 0.25) is 5.88 Å². The maximum absolute atomic E-state index is 14.9. The molecule has 2 fully saturated rings.